The fourth-order valence-corrected chi connectivity index (χ4v) is 3.36. The summed E-state index contributed by atoms with van der Waals surface area (Å²) >= 11 is 5.69. The Morgan fingerprint density at radius 1 is 1.03 bits per heavy atom. The molecule has 0 amide bonds. The SMILES string of the molecule is C=CCn1c(-c2ccc(OC)cc2)nn(CN(C)Cc2ccc(OC)cc2)c1=S. The zero-order valence-electron chi connectivity index (χ0n) is 17.0. The molecule has 152 valence electrons. The van der Waals surface area contributed by atoms with E-state index in [2.05, 4.69) is 23.6 Å². The van der Waals surface area contributed by atoms with E-state index in [4.69, 9.17) is 26.8 Å². The fourth-order valence-electron chi connectivity index (χ4n) is 3.10. The molecule has 0 spiro atoms. The lowest BCUT2D eigenvalue weighted by Gasteiger charge is -2.16. The van der Waals surface area contributed by atoms with E-state index in [1.165, 1.54) is 5.56 Å². The van der Waals surface area contributed by atoms with Crippen LogP contribution in [0.15, 0.2) is 61.2 Å². The van der Waals surface area contributed by atoms with Gasteiger partial charge >= 0.3 is 0 Å². The van der Waals surface area contributed by atoms with Gasteiger partial charge in [0.15, 0.2) is 10.6 Å². The van der Waals surface area contributed by atoms with Gasteiger partial charge in [0.1, 0.15) is 11.5 Å². The molecule has 0 aliphatic heterocycles. The number of benzene rings is 2. The summed E-state index contributed by atoms with van der Waals surface area (Å²) in [6.07, 6.45) is 1.83. The van der Waals surface area contributed by atoms with E-state index in [0.29, 0.717) is 18.0 Å². The van der Waals surface area contributed by atoms with Crippen molar-refractivity contribution in [2.24, 2.45) is 0 Å². The van der Waals surface area contributed by atoms with Crippen molar-refractivity contribution >= 4 is 12.2 Å². The summed E-state index contributed by atoms with van der Waals surface area (Å²) in [7, 11) is 5.37. The standard InChI is InChI=1S/C22H26N4O2S/c1-5-14-25-21(18-8-12-20(28-4)13-9-18)23-26(22(25)29)16-24(2)15-17-6-10-19(27-3)11-7-17/h5-13H,1,14-16H2,2-4H3. The van der Waals surface area contributed by atoms with Gasteiger partial charge in [-0.2, -0.15) is 5.10 Å². The van der Waals surface area contributed by atoms with Gasteiger partial charge < -0.3 is 9.47 Å². The third-order valence-corrected chi connectivity index (χ3v) is 5.00. The molecule has 0 fully saturated rings. The van der Waals surface area contributed by atoms with Crippen molar-refractivity contribution < 1.29 is 9.47 Å². The van der Waals surface area contributed by atoms with Crippen LogP contribution in [-0.2, 0) is 19.8 Å². The van der Waals surface area contributed by atoms with E-state index < -0.39 is 0 Å². The molecule has 3 rings (SSSR count). The highest BCUT2D eigenvalue weighted by Crippen LogP contribution is 2.22. The van der Waals surface area contributed by atoms with Crippen molar-refractivity contribution in [3.05, 3.63) is 71.5 Å². The molecular weight excluding hydrogens is 384 g/mol. The molecule has 0 N–H and O–H groups in total. The Labute approximate surface area is 176 Å². The normalized spacial score (nSPS) is 10.9. The maximum Gasteiger partial charge on any atom is 0.199 e. The summed E-state index contributed by atoms with van der Waals surface area (Å²) in [6, 6.07) is 15.9. The summed E-state index contributed by atoms with van der Waals surface area (Å²) in [5, 5.41) is 4.79. The molecule has 0 aliphatic carbocycles. The third kappa shape index (κ3) is 4.93. The molecule has 0 unspecified atom stereocenters. The maximum absolute atomic E-state index is 5.69. The van der Waals surface area contributed by atoms with Crippen LogP contribution < -0.4 is 9.47 Å². The summed E-state index contributed by atoms with van der Waals surface area (Å²) in [5.41, 5.74) is 2.18. The van der Waals surface area contributed by atoms with Crippen LogP contribution in [0.2, 0.25) is 0 Å². The molecule has 1 aromatic heterocycles. The van der Waals surface area contributed by atoms with Crippen molar-refractivity contribution in [3.8, 4) is 22.9 Å². The molecule has 6 nitrogen and oxygen atoms in total. The molecule has 0 saturated heterocycles. The first-order valence-corrected chi connectivity index (χ1v) is 9.71. The molecule has 0 bridgehead atoms. The average molecular weight is 411 g/mol. The largest absolute Gasteiger partial charge is 0.497 e. The Hall–Kier alpha value is -2.90. The lowest BCUT2D eigenvalue weighted by atomic mass is 10.2. The van der Waals surface area contributed by atoms with Gasteiger partial charge in [-0.15, -0.1) is 6.58 Å². The van der Waals surface area contributed by atoms with Crippen LogP contribution in [0.3, 0.4) is 0 Å². The van der Waals surface area contributed by atoms with Gasteiger partial charge in [0, 0.05) is 18.7 Å². The van der Waals surface area contributed by atoms with Crippen LogP contribution in [0, 0.1) is 4.77 Å². The van der Waals surface area contributed by atoms with E-state index in [1.54, 1.807) is 14.2 Å². The van der Waals surface area contributed by atoms with Crippen molar-refractivity contribution in [1.29, 1.82) is 0 Å². The first-order chi connectivity index (χ1) is 14.0. The summed E-state index contributed by atoms with van der Waals surface area (Å²) in [4.78, 5) is 2.17. The molecule has 0 saturated carbocycles. The molecule has 0 radical (unpaired) electrons. The average Bonchev–Trinajstić information content (AvgIpc) is 3.04. The first-order valence-electron chi connectivity index (χ1n) is 9.30. The third-order valence-electron chi connectivity index (χ3n) is 4.57. The van der Waals surface area contributed by atoms with E-state index in [-0.39, 0.29) is 0 Å². The molecule has 3 aromatic rings. The Balaban J connectivity index is 1.82. The summed E-state index contributed by atoms with van der Waals surface area (Å²) < 4.78 is 15.0. The lowest BCUT2D eigenvalue weighted by molar-refractivity contribution is 0.244. The second kappa shape index (κ2) is 9.54. The fraction of sp³-hybridized carbons (Fsp3) is 0.273. The van der Waals surface area contributed by atoms with Crippen LogP contribution in [0.4, 0.5) is 0 Å². The van der Waals surface area contributed by atoms with Crippen molar-refractivity contribution in [3.63, 3.8) is 0 Å². The Bertz CT molecular complexity index is 1010. The highest BCUT2D eigenvalue weighted by molar-refractivity contribution is 7.71. The number of hydrogen-bond donors (Lipinski definition) is 0. The van der Waals surface area contributed by atoms with Crippen LogP contribution in [-0.4, -0.2) is 40.5 Å². The predicted octanol–water partition coefficient (Wildman–Crippen LogP) is 4.37. The smallest absolute Gasteiger partial charge is 0.199 e. The quantitative estimate of drug-likeness (QED) is 0.387. The minimum absolute atomic E-state index is 0.582. The zero-order chi connectivity index (χ0) is 20.8. The van der Waals surface area contributed by atoms with Gasteiger partial charge in [0.2, 0.25) is 0 Å². The van der Waals surface area contributed by atoms with Crippen LogP contribution >= 0.6 is 12.2 Å². The summed E-state index contributed by atoms with van der Waals surface area (Å²) in [6.45, 7) is 5.81. The molecule has 7 heteroatoms. The van der Waals surface area contributed by atoms with Crippen LogP contribution in [0.5, 0.6) is 11.5 Å². The van der Waals surface area contributed by atoms with Gasteiger partial charge in [-0.3, -0.25) is 9.47 Å². The van der Waals surface area contributed by atoms with E-state index in [1.807, 2.05) is 58.8 Å². The number of methoxy groups -OCH3 is 2. The van der Waals surface area contributed by atoms with Gasteiger partial charge in [-0.25, -0.2) is 4.68 Å². The highest BCUT2D eigenvalue weighted by Gasteiger charge is 2.13. The summed E-state index contributed by atoms with van der Waals surface area (Å²) in [5.74, 6) is 2.47. The number of aromatic nitrogens is 3. The number of hydrogen-bond acceptors (Lipinski definition) is 5. The molecular formula is C22H26N4O2S. The van der Waals surface area contributed by atoms with Gasteiger partial charge in [0.25, 0.3) is 0 Å². The van der Waals surface area contributed by atoms with Gasteiger partial charge in [-0.05, 0) is 61.2 Å². The highest BCUT2D eigenvalue weighted by atomic mass is 32.1. The number of ether oxygens (including phenoxy) is 2. The molecule has 1 heterocycles. The second-order valence-electron chi connectivity index (χ2n) is 6.74. The number of nitrogens with zero attached hydrogens (tertiary/aromatic N) is 4. The number of rotatable bonds is 9. The predicted molar refractivity (Wildman–Crippen MR) is 118 cm³/mol. The minimum Gasteiger partial charge on any atom is -0.497 e. The van der Waals surface area contributed by atoms with E-state index in [0.717, 1.165) is 29.4 Å². The molecule has 29 heavy (non-hydrogen) atoms. The van der Waals surface area contributed by atoms with Crippen molar-refractivity contribution in [2.45, 2.75) is 19.8 Å². The van der Waals surface area contributed by atoms with E-state index in [9.17, 15) is 0 Å². The Morgan fingerprint density at radius 3 is 2.17 bits per heavy atom. The molecule has 0 atom stereocenters. The van der Waals surface area contributed by atoms with Crippen molar-refractivity contribution in [1.82, 2.24) is 19.2 Å². The van der Waals surface area contributed by atoms with Gasteiger partial charge in [-0.1, -0.05) is 18.2 Å². The lowest BCUT2D eigenvalue weighted by Crippen LogP contribution is -2.22. The Morgan fingerprint density at radius 2 is 1.62 bits per heavy atom. The maximum atomic E-state index is 5.69. The van der Waals surface area contributed by atoms with Gasteiger partial charge in [0.05, 0.1) is 20.9 Å². The van der Waals surface area contributed by atoms with Crippen LogP contribution in [0.25, 0.3) is 11.4 Å². The second-order valence-corrected chi connectivity index (χ2v) is 7.10. The molecule has 2 aromatic carbocycles. The van der Waals surface area contributed by atoms with E-state index >= 15 is 0 Å². The zero-order valence-corrected chi connectivity index (χ0v) is 17.9. The molecule has 0 aliphatic rings. The topological polar surface area (TPSA) is 44.5 Å². The van der Waals surface area contributed by atoms with Crippen LogP contribution in [0.1, 0.15) is 5.56 Å². The first kappa shape index (κ1) is 20.8. The minimum atomic E-state index is 0.582. The monoisotopic (exact) mass is 410 g/mol. The number of allylic oxidation sites excluding steroid dienone is 1. The Kier molecular flexibility index (Phi) is 6.85. The van der Waals surface area contributed by atoms with Crippen molar-refractivity contribution in [2.75, 3.05) is 21.3 Å².